The molecule has 1 aliphatic rings. The lowest BCUT2D eigenvalue weighted by atomic mass is 9.85. The molecule has 90 valence electrons. The maximum atomic E-state index is 3.78. The second-order valence-electron chi connectivity index (χ2n) is 5.90. The van der Waals surface area contributed by atoms with Crippen LogP contribution in [0.1, 0.15) is 59.8 Å². The minimum absolute atomic E-state index is 0.807. The maximum absolute atomic E-state index is 3.78. The molecule has 1 rings (SSSR count). The van der Waals surface area contributed by atoms with E-state index in [-0.39, 0.29) is 0 Å². The van der Waals surface area contributed by atoms with Crippen LogP contribution in [0.25, 0.3) is 0 Å². The lowest BCUT2D eigenvalue weighted by molar-refractivity contribution is 0.251. The molecule has 0 aliphatic heterocycles. The summed E-state index contributed by atoms with van der Waals surface area (Å²) in [5.74, 6) is 2.45. The molecule has 0 bridgehead atoms. The first-order chi connectivity index (χ1) is 7.11. The van der Waals surface area contributed by atoms with Gasteiger partial charge in [0.25, 0.3) is 0 Å². The van der Waals surface area contributed by atoms with E-state index in [2.05, 4.69) is 33.0 Å². The molecule has 0 amide bonds. The Labute approximate surface area is 96.0 Å². The molecule has 1 fully saturated rings. The molecular weight excluding hydrogens is 182 g/mol. The molecule has 1 N–H and O–H groups in total. The van der Waals surface area contributed by atoms with Crippen LogP contribution in [0, 0.1) is 17.8 Å². The largest absolute Gasteiger partial charge is 0.314 e. The van der Waals surface area contributed by atoms with Gasteiger partial charge in [-0.1, -0.05) is 47.0 Å². The van der Waals surface area contributed by atoms with Gasteiger partial charge in [-0.2, -0.15) is 0 Å². The van der Waals surface area contributed by atoms with Crippen molar-refractivity contribution in [2.45, 2.75) is 65.8 Å². The van der Waals surface area contributed by atoms with Gasteiger partial charge in [0.1, 0.15) is 0 Å². The SMILES string of the molecule is CC(C)C(CNC1CCCCC1)C(C)C. The number of rotatable bonds is 5. The Morgan fingerprint density at radius 3 is 1.93 bits per heavy atom. The van der Waals surface area contributed by atoms with Crippen LogP contribution >= 0.6 is 0 Å². The Bertz CT molecular complexity index is 149. The van der Waals surface area contributed by atoms with E-state index < -0.39 is 0 Å². The van der Waals surface area contributed by atoms with Crippen molar-refractivity contribution in [3.05, 3.63) is 0 Å². The van der Waals surface area contributed by atoms with E-state index in [9.17, 15) is 0 Å². The number of nitrogens with one attached hydrogen (secondary N) is 1. The van der Waals surface area contributed by atoms with Gasteiger partial charge in [0.2, 0.25) is 0 Å². The highest BCUT2D eigenvalue weighted by Gasteiger charge is 2.19. The average Bonchev–Trinajstić information content (AvgIpc) is 2.18. The molecule has 1 saturated carbocycles. The molecule has 0 atom stereocenters. The van der Waals surface area contributed by atoms with E-state index in [1.54, 1.807) is 0 Å². The van der Waals surface area contributed by atoms with Gasteiger partial charge in [0, 0.05) is 6.04 Å². The summed E-state index contributed by atoms with van der Waals surface area (Å²) >= 11 is 0. The molecule has 0 saturated heterocycles. The summed E-state index contributed by atoms with van der Waals surface area (Å²) in [6, 6.07) is 0.818. The standard InChI is InChI=1S/C14H29N/c1-11(2)14(12(3)4)10-15-13-8-6-5-7-9-13/h11-15H,5-10H2,1-4H3. The third-order valence-corrected chi connectivity index (χ3v) is 3.96. The van der Waals surface area contributed by atoms with Crippen LogP contribution in [-0.4, -0.2) is 12.6 Å². The van der Waals surface area contributed by atoms with Crippen LogP contribution in [0.15, 0.2) is 0 Å². The number of hydrogen-bond donors (Lipinski definition) is 1. The van der Waals surface area contributed by atoms with E-state index in [1.807, 2.05) is 0 Å². The smallest absolute Gasteiger partial charge is 0.00671 e. The van der Waals surface area contributed by atoms with Gasteiger partial charge >= 0.3 is 0 Å². The van der Waals surface area contributed by atoms with Crippen LogP contribution in [0.3, 0.4) is 0 Å². The van der Waals surface area contributed by atoms with Gasteiger partial charge in [-0.05, 0) is 37.1 Å². The van der Waals surface area contributed by atoms with Gasteiger partial charge in [-0.25, -0.2) is 0 Å². The summed E-state index contributed by atoms with van der Waals surface area (Å²) in [5.41, 5.74) is 0. The molecule has 15 heavy (non-hydrogen) atoms. The first kappa shape index (κ1) is 13.0. The first-order valence-electron chi connectivity index (χ1n) is 6.84. The quantitative estimate of drug-likeness (QED) is 0.728. The average molecular weight is 211 g/mol. The fourth-order valence-electron chi connectivity index (χ4n) is 2.85. The van der Waals surface area contributed by atoms with E-state index in [0.29, 0.717) is 0 Å². The van der Waals surface area contributed by atoms with Gasteiger partial charge in [-0.3, -0.25) is 0 Å². The highest BCUT2D eigenvalue weighted by Crippen LogP contribution is 2.22. The van der Waals surface area contributed by atoms with Crippen molar-refractivity contribution in [1.82, 2.24) is 5.32 Å². The zero-order chi connectivity index (χ0) is 11.3. The molecule has 0 radical (unpaired) electrons. The summed E-state index contributed by atoms with van der Waals surface area (Å²) in [6.07, 6.45) is 7.14. The van der Waals surface area contributed by atoms with Crippen molar-refractivity contribution in [3.63, 3.8) is 0 Å². The van der Waals surface area contributed by atoms with Gasteiger partial charge in [-0.15, -0.1) is 0 Å². The van der Waals surface area contributed by atoms with E-state index in [1.165, 1.54) is 38.6 Å². The molecular formula is C14H29N. The zero-order valence-electron chi connectivity index (χ0n) is 11.1. The fraction of sp³-hybridized carbons (Fsp3) is 1.00. The minimum Gasteiger partial charge on any atom is -0.314 e. The summed E-state index contributed by atoms with van der Waals surface area (Å²) in [4.78, 5) is 0. The molecule has 1 nitrogen and oxygen atoms in total. The third kappa shape index (κ3) is 4.55. The maximum Gasteiger partial charge on any atom is 0.00671 e. The van der Waals surface area contributed by atoms with Crippen LogP contribution in [0.4, 0.5) is 0 Å². The minimum atomic E-state index is 0.807. The molecule has 1 aliphatic carbocycles. The van der Waals surface area contributed by atoms with Crippen molar-refractivity contribution in [2.75, 3.05) is 6.54 Å². The summed E-state index contributed by atoms with van der Waals surface area (Å²) in [6.45, 7) is 10.6. The first-order valence-corrected chi connectivity index (χ1v) is 6.84. The molecule has 0 aromatic rings. The lowest BCUT2D eigenvalue weighted by Gasteiger charge is -2.29. The summed E-state index contributed by atoms with van der Waals surface area (Å²) in [7, 11) is 0. The molecule has 0 spiro atoms. The topological polar surface area (TPSA) is 12.0 Å². The molecule has 0 heterocycles. The highest BCUT2D eigenvalue weighted by molar-refractivity contribution is 4.76. The van der Waals surface area contributed by atoms with Crippen molar-refractivity contribution < 1.29 is 0 Å². The van der Waals surface area contributed by atoms with Crippen molar-refractivity contribution in [1.29, 1.82) is 0 Å². The molecule has 0 unspecified atom stereocenters. The third-order valence-electron chi connectivity index (χ3n) is 3.96. The second-order valence-corrected chi connectivity index (χ2v) is 5.90. The van der Waals surface area contributed by atoms with Crippen LogP contribution in [0.2, 0.25) is 0 Å². The van der Waals surface area contributed by atoms with Crippen LogP contribution in [0.5, 0.6) is 0 Å². The van der Waals surface area contributed by atoms with Crippen molar-refractivity contribution in [2.24, 2.45) is 17.8 Å². The van der Waals surface area contributed by atoms with E-state index >= 15 is 0 Å². The fourth-order valence-corrected chi connectivity index (χ4v) is 2.85. The molecule has 0 aromatic heterocycles. The summed E-state index contributed by atoms with van der Waals surface area (Å²) < 4.78 is 0. The van der Waals surface area contributed by atoms with Crippen LogP contribution in [-0.2, 0) is 0 Å². The molecule has 0 aromatic carbocycles. The van der Waals surface area contributed by atoms with Crippen molar-refractivity contribution in [3.8, 4) is 0 Å². The summed E-state index contributed by atoms with van der Waals surface area (Å²) in [5, 5.41) is 3.78. The number of hydrogen-bond acceptors (Lipinski definition) is 1. The normalized spacial score (nSPS) is 19.4. The Morgan fingerprint density at radius 1 is 0.933 bits per heavy atom. The Hall–Kier alpha value is -0.0400. The predicted octanol–water partition coefficient (Wildman–Crippen LogP) is 3.84. The zero-order valence-corrected chi connectivity index (χ0v) is 11.1. The highest BCUT2D eigenvalue weighted by atomic mass is 14.9. The second kappa shape index (κ2) is 6.52. The van der Waals surface area contributed by atoms with Crippen molar-refractivity contribution >= 4 is 0 Å². The van der Waals surface area contributed by atoms with Gasteiger partial charge < -0.3 is 5.32 Å². The predicted molar refractivity (Wildman–Crippen MR) is 68.0 cm³/mol. The van der Waals surface area contributed by atoms with Gasteiger partial charge in [0.05, 0.1) is 0 Å². The lowest BCUT2D eigenvalue weighted by Crippen LogP contribution is -2.37. The van der Waals surface area contributed by atoms with E-state index in [4.69, 9.17) is 0 Å². The molecule has 1 heteroatoms. The van der Waals surface area contributed by atoms with E-state index in [0.717, 1.165) is 23.8 Å². The Kier molecular flexibility index (Phi) is 5.66. The van der Waals surface area contributed by atoms with Crippen LogP contribution < -0.4 is 5.32 Å². The van der Waals surface area contributed by atoms with Gasteiger partial charge in [0.15, 0.2) is 0 Å². The Balaban J connectivity index is 2.26. The monoisotopic (exact) mass is 211 g/mol. The Morgan fingerprint density at radius 2 is 1.47 bits per heavy atom.